The van der Waals surface area contributed by atoms with E-state index in [9.17, 15) is 19.5 Å². The first-order valence-corrected chi connectivity index (χ1v) is 13.4. The molecule has 0 aliphatic carbocycles. The number of ether oxygens (including phenoxy) is 1. The summed E-state index contributed by atoms with van der Waals surface area (Å²) < 4.78 is 4.72. The summed E-state index contributed by atoms with van der Waals surface area (Å²) in [6.45, 7) is 0.840. The molecular formula is C26H29ClN2O5S. The molecule has 0 bridgehead atoms. The Labute approximate surface area is 214 Å². The number of nitrogens with zero attached hydrogens (tertiary/aromatic N) is 2. The van der Waals surface area contributed by atoms with Crippen LogP contribution in [0.1, 0.15) is 25.7 Å². The van der Waals surface area contributed by atoms with Crippen LogP contribution in [0.15, 0.2) is 48.6 Å². The van der Waals surface area contributed by atoms with Gasteiger partial charge in [-0.25, -0.2) is 0 Å². The Morgan fingerprint density at radius 3 is 2.69 bits per heavy atom. The summed E-state index contributed by atoms with van der Waals surface area (Å²) in [7, 11) is 0. The molecule has 1 N–H and O–H groups in total. The van der Waals surface area contributed by atoms with Gasteiger partial charge >= 0.3 is 5.97 Å². The largest absolute Gasteiger partial charge is 0.465 e. The summed E-state index contributed by atoms with van der Waals surface area (Å²) in [6.07, 6.45) is 11.0. The van der Waals surface area contributed by atoms with E-state index in [-0.39, 0.29) is 36.2 Å². The second-order valence-corrected chi connectivity index (χ2v) is 11.3. The van der Waals surface area contributed by atoms with Crippen LogP contribution in [0.25, 0.3) is 0 Å². The minimum Gasteiger partial charge on any atom is -0.465 e. The number of rotatable bonds is 4. The van der Waals surface area contributed by atoms with Crippen LogP contribution in [0.3, 0.4) is 0 Å². The Balaban J connectivity index is 1.59. The lowest BCUT2D eigenvalue weighted by atomic mass is 9.78. The average molecular weight is 517 g/mol. The first-order chi connectivity index (χ1) is 17.0. The van der Waals surface area contributed by atoms with Crippen molar-refractivity contribution in [2.45, 2.75) is 41.7 Å². The van der Waals surface area contributed by atoms with Crippen molar-refractivity contribution in [1.82, 2.24) is 4.90 Å². The van der Waals surface area contributed by atoms with Crippen molar-refractivity contribution in [3.05, 3.63) is 53.6 Å². The molecule has 1 spiro atoms. The summed E-state index contributed by atoms with van der Waals surface area (Å²) >= 11 is 7.59. The number of halogens is 1. The predicted molar refractivity (Wildman–Crippen MR) is 135 cm³/mol. The van der Waals surface area contributed by atoms with Crippen LogP contribution in [0.5, 0.6) is 0 Å². The highest BCUT2D eigenvalue weighted by Crippen LogP contribution is 2.60. The van der Waals surface area contributed by atoms with Gasteiger partial charge in [-0.1, -0.05) is 35.9 Å². The first kappa shape index (κ1) is 24.4. The van der Waals surface area contributed by atoms with E-state index in [2.05, 4.69) is 6.08 Å². The lowest BCUT2D eigenvalue weighted by molar-refractivity contribution is -0.153. The number of aliphatic hydroxyl groups excluding tert-OH is 1. The smallest absolute Gasteiger partial charge is 0.311 e. The normalized spacial score (nSPS) is 33.6. The Morgan fingerprint density at radius 1 is 1.11 bits per heavy atom. The molecule has 5 atom stereocenters. The molecule has 4 heterocycles. The van der Waals surface area contributed by atoms with Crippen LogP contribution >= 0.6 is 23.4 Å². The lowest BCUT2D eigenvalue weighted by Gasteiger charge is -2.35. The number of hydrogen-bond donors (Lipinski definition) is 1. The molecule has 9 heteroatoms. The van der Waals surface area contributed by atoms with Gasteiger partial charge in [-0.2, -0.15) is 0 Å². The van der Waals surface area contributed by atoms with Crippen LogP contribution < -0.4 is 4.90 Å². The fraction of sp³-hybridized carbons (Fsp3) is 0.500. The topological polar surface area (TPSA) is 87.2 Å². The molecule has 2 fully saturated rings. The van der Waals surface area contributed by atoms with Crippen molar-refractivity contribution in [2.75, 3.05) is 31.2 Å². The number of anilines is 1. The fourth-order valence-electron chi connectivity index (χ4n) is 5.75. The van der Waals surface area contributed by atoms with E-state index in [1.54, 1.807) is 34.1 Å². The Hall–Kier alpha value is -2.29. The quantitative estimate of drug-likeness (QED) is 0.488. The molecule has 7 nitrogen and oxygen atoms in total. The van der Waals surface area contributed by atoms with Crippen LogP contribution in [-0.2, 0) is 19.1 Å². The average Bonchev–Trinajstić information content (AvgIpc) is 3.23. The number of hydrogen-bond acceptors (Lipinski definition) is 6. The van der Waals surface area contributed by atoms with E-state index in [1.165, 1.54) is 11.8 Å². The highest BCUT2D eigenvalue weighted by atomic mass is 35.5. The zero-order valence-corrected chi connectivity index (χ0v) is 20.9. The maximum Gasteiger partial charge on any atom is 0.311 e. The van der Waals surface area contributed by atoms with Gasteiger partial charge in [-0.3, -0.25) is 14.4 Å². The third-order valence-electron chi connectivity index (χ3n) is 7.30. The van der Waals surface area contributed by atoms with Crippen molar-refractivity contribution < 1.29 is 24.2 Å². The Morgan fingerprint density at radius 2 is 1.91 bits per heavy atom. The maximum absolute atomic E-state index is 14.2. The SMILES string of the molecule is O=C1OCCCC/C=C\[C@@H]2S[C@]34C=CCN(c5ccc(Cl)cc5)C(=O)C3N(CCCO)C(=O)[C@@H]4[C@H]12. The molecule has 0 radical (unpaired) electrons. The minimum absolute atomic E-state index is 0.0942. The van der Waals surface area contributed by atoms with Gasteiger partial charge in [-0.15, -0.1) is 11.8 Å². The number of cyclic esters (lactones) is 1. The Bertz CT molecular complexity index is 1060. The van der Waals surface area contributed by atoms with Gasteiger partial charge in [0.2, 0.25) is 5.91 Å². The van der Waals surface area contributed by atoms with Crippen molar-refractivity contribution >= 4 is 46.8 Å². The molecule has 0 saturated carbocycles. The zero-order chi connectivity index (χ0) is 24.6. The molecular weight excluding hydrogens is 488 g/mol. The molecule has 4 aliphatic rings. The van der Waals surface area contributed by atoms with Crippen molar-refractivity contribution in [3.63, 3.8) is 0 Å². The number of benzene rings is 1. The van der Waals surface area contributed by atoms with E-state index in [0.29, 0.717) is 30.3 Å². The fourth-order valence-corrected chi connectivity index (χ4v) is 7.88. The third-order valence-corrected chi connectivity index (χ3v) is 9.29. The molecule has 186 valence electrons. The van der Waals surface area contributed by atoms with E-state index < -0.39 is 22.6 Å². The zero-order valence-electron chi connectivity index (χ0n) is 19.3. The van der Waals surface area contributed by atoms with Gasteiger partial charge in [0.25, 0.3) is 5.91 Å². The second kappa shape index (κ2) is 9.99. The third kappa shape index (κ3) is 4.19. The van der Waals surface area contributed by atoms with Gasteiger partial charge in [-0.05, 0) is 49.9 Å². The summed E-state index contributed by atoms with van der Waals surface area (Å²) in [6, 6.07) is 6.27. The lowest BCUT2D eigenvalue weighted by Crippen LogP contribution is -2.53. The van der Waals surface area contributed by atoms with Crippen molar-refractivity contribution in [2.24, 2.45) is 11.8 Å². The van der Waals surface area contributed by atoms with Gasteiger partial charge < -0.3 is 19.6 Å². The number of carbonyl (C=O) groups is 3. The highest BCUT2D eigenvalue weighted by Gasteiger charge is 2.70. The molecule has 35 heavy (non-hydrogen) atoms. The molecule has 1 aromatic rings. The van der Waals surface area contributed by atoms with E-state index in [0.717, 1.165) is 19.3 Å². The number of likely N-dealkylation sites (tertiary alicyclic amines) is 1. The predicted octanol–water partition coefficient (Wildman–Crippen LogP) is 3.21. The van der Waals surface area contributed by atoms with Crippen molar-refractivity contribution in [3.8, 4) is 0 Å². The standard InChI is InChI=1S/C26H29ClN2O5S/c27-17-8-10-18(11-9-17)28-13-5-12-26-21(23(31)29(14-6-15-30)22(26)24(28)32)20-19(35-26)7-3-1-2-4-16-34-25(20)33/h3,5,7-12,19-22,30H,1-2,4,6,13-16H2/b7-3-/t19-,20+,21-,22?,26-/m0/s1. The van der Waals surface area contributed by atoms with Crippen LogP contribution in [0.4, 0.5) is 5.69 Å². The molecule has 1 aromatic carbocycles. The molecule has 5 rings (SSSR count). The van der Waals surface area contributed by atoms with Crippen molar-refractivity contribution in [1.29, 1.82) is 0 Å². The first-order valence-electron chi connectivity index (χ1n) is 12.1. The Kier molecular flexibility index (Phi) is 6.97. The van der Waals surface area contributed by atoms with E-state index in [4.69, 9.17) is 16.3 Å². The number of carbonyl (C=O) groups excluding carboxylic acids is 3. The van der Waals surface area contributed by atoms with Crippen LogP contribution in [0.2, 0.25) is 5.02 Å². The monoisotopic (exact) mass is 516 g/mol. The number of aliphatic hydroxyl groups is 1. The highest BCUT2D eigenvalue weighted by molar-refractivity contribution is 8.02. The van der Waals surface area contributed by atoms with Gasteiger partial charge in [0.15, 0.2) is 0 Å². The number of fused-ring (bicyclic) bond motifs is 2. The summed E-state index contributed by atoms with van der Waals surface area (Å²) in [5.41, 5.74) is 0.695. The molecule has 0 aromatic heterocycles. The van der Waals surface area contributed by atoms with Gasteiger partial charge in [0, 0.05) is 35.7 Å². The second-order valence-electron chi connectivity index (χ2n) is 9.37. The maximum atomic E-state index is 14.2. The molecule has 4 aliphatic heterocycles. The summed E-state index contributed by atoms with van der Waals surface area (Å²) in [5.74, 6) is -2.15. The number of allylic oxidation sites excluding steroid dienone is 1. The van der Waals surface area contributed by atoms with Crippen LogP contribution in [0, 0.1) is 11.8 Å². The molecule has 2 saturated heterocycles. The number of thioether (sulfide) groups is 1. The summed E-state index contributed by atoms with van der Waals surface area (Å²) in [4.78, 5) is 44.6. The minimum atomic E-state index is -0.891. The van der Waals surface area contributed by atoms with Crippen LogP contribution in [-0.4, -0.2) is 70.1 Å². The van der Waals surface area contributed by atoms with Gasteiger partial charge in [0.1, 0.15) is 6.04 Å². The van der Waals surface area contributed by atoms with E-state index in [1.807, 2.05) is 18.2 Å². The summed E-state index contributed by atoms with van der Waals surface area (Å²) in [5, 5.41) is 9.81. The van der Waals surface area contributed by atoms with Gasteiger partial charge in [0.05, 0.1) is 23.2 Å². The number of esters is 1. The number of amides is 2. The molecule has 1 unspecified atom stereocenters. The van der Waals surface area contributed by atoms with E-state index >= 15 is 0 Å². The molecule has 2 amide bonds.